The Morgan fingerprint density at radius 2 is 2.00 bits per heavy atom. The minimum atomic E-state index is -0.157. The first kappa shape index (κ1) is 14.9. The normalized spacial score (nSPS) is 28.1. The molecule has 1 saturated carbocycles. The molecule has 0 bridgehead atoms. The summed E-state index contributed by atoms with van der Waals surface area (Å²) in [6, 6.07) is 6.62. The topological polar surface area (TPSA) is 23.8 Å². The number of nitriles is 1. The van der Waals surface area contributed by atoms with Crippen LogP contribution in [0.1, 0.15) is 51.3 Å². The molecule has 1 aliphatic carbocycles. The van der Waals surface area contributed by atoms with E-state index < -0.39 is 0 Å². The fraction of sp³-hybridized carbons (Fsp3) is 0.688. The van der Waals surface area contributed by atoms with E-state index in [1.807, 2.05) is 6.07 Å². The van der Waals surface area contributed by atoms with Gasteiger partial charge in [0.05, 0.1) is 15.8 Å². The molecule has 0 amide bonds. The van der Waals surface area contributed by atoms with Gasteiger partial charge in [0.15, 0.2) is 0 Å². The Kier molecular flexibility index (Phi) is 4.28. The average molecular weight is 296 g/mol. The number of thiophene rings is 1. The Balaban J connectivity index is 2.04. The molecule has 0 atom stereocenters. The number of hydrogen-bond acceptors (Lipinski definition) is 2. The molecule has 0 radical (unpaired) electrons. The van der Waals surface area contributed by atoms with E-state index in [9.17, 15) is 5.26 Å². The summed E-state index contributed by atoms with van der Waals surface area (Å²) in [5.74, 6) is 0.751. The molecule has 0 aromatic carbocycles. The van der Waals surface area contributed by atoms with Gasteiger partial charge in [0, 0.05) is 11.3 Å². The molecule has 1 nitrogen and oxygen atoms in total. The standard InChI is InChI=1S/C16H22ClNS/c1-15(2,3)12-6-8-16(11-18,9-7-12)10-13-4-5-14(17)19-13/h4-5,12H,6-10H2,1-3H3. The van der Waals surface area contributed by atoms with E-state index in [-0.39, 0.29) is 5.41 Å². The van der Waals surface area contributed by atoms with E-state index in [1.54, 1.807) is 11.3 Å². The van der Waals surface area contributed by atoms with Crippen LogP contribution in [0.5, 0.6) is 0 Å². The lowest BCUT2D eigenvalue weighted by Gasteiger charge is -2.40. The highest BCUT2D eigenvalue weighted by Gasteiger charge is 2.39. The Morgan fingerprint density at radius 3 is 2.42 bits per heavy atom. The van der Waals surface area contributed by atoms with Crippen molar-refractivity contribution in [3.05, 3.63) is 21.3 Å². The summed E-state index contributed by atoms with van der Waals surface area (Å²) in [4.78, 5) is 1.25. The molecule has 1 heterocycles. The second kappa shape index (κ2) is 5.46. The Morgan fingerprint density at radius 1 is 1.37 bits per heavy atom. The molecular weight excluding hydrogens is 274 g/mol. The summed E-state index contributed by atoms with van der Waals surface area (Å²) in [7, 11) is 0. The van der Waals surface area contributed by atoms with Crippen LogP contribution in [0.3, 0.4) is 0 Å². The number of rotatable bonds is 2. The van der Waals surface area contributed by atoms with Crippen molar-refractivity contribution in [1.82, 2.24) is 0 Å². The van der Waals surface area contributed by atoms with Gasteiger partial charge in [-0.05, 0) is 49.1 Å². The molecule has 0 aliphatic heterocycles. The highest BCUT2D eigenvalue weighted by molar-refractivity contribution is 7.16. The summed E-state index contributed by atoms with van der Waals surface area (Å²) in [6.07, 6.45) is 5.28. The minimum absolute atomic E-state index is 0.157. The van der Waals surface area contributed by atoms with Crippen LogP contribution in [0.25, 0.3) is 0 Å². The van der Waals surface area contributed by atoms with Crippen LogP contribution < -0.4 is 0 Å². The molecule has 1 aromatic rings. The maximum absolute atomic E-state index is 9.62. The molecule has 19 heavy (non-hydrogen) atoms. The molecule has 0 saturated heterocycles. The van der Waals surface area contributed by atoms with Crippen molar-refractivity contribution in [3.8, 4) is 6.07 Å². The minimum Gasteiger partial charge on any atom is -0.198 e. The quantitative estimate of drug-likeness (QED) is 0.687. The molecule has 0 unspecified atom stereocenters. The van der Waals surface area contributed by atoms with Crippen molar-refractivity contribution < 1.29 is 0 Å². The average Bonchev–Trinajstić information content (AvgIpc) is 2.74. The smallest absolute Gasteiger partial charge is 0.0931 e. The number of hydrogen-bond donors (Lipinski definition) is 0. The van der Waals surface area contributed by atoms with E-state index in [0.29, 0.717) is 5.41 Å². The molecule has 0 spiro atoms. The number of nitrogens with zero attached hydrogens (tertiary/aromatic N) is 1. The van der Waals surface area contributed by atoms with Gasteiger partial charge < -0.3 is 0 Å². The summed E-state index contributed by atoms with van der Waals surface area (Å²) in [6.45, 7) is 6.95. The Bertz CT molecular complexity index is 470. The largest absolute Gasteiger partial charge is 0.198 e. The van der Waals surface area contributed by atoms with Crippen LogP contribution in [0.4, 0.5) is 0 Å². The first-order valence-corrected chi connectivity index (χ1v) is 8.20. The highest BCUT2D eigenvalue weighted by Crippen LogP contribution is 2.47. The van der Waals surface area contributed by atoms with E-state index in [1.165, 1.54) is 17.7 Å². The van der Waals surface area contributed by atoms with Gasteiger partial charge in [0.2, 0.25) is 0 Å². The lowest BCUT2D eigenvalue weighted by Crippen LogP contribution is -2.33. The molecule has 1 fully saturated rings. The van der Waals surface area contributed by atoms with Crippen LogP contribution in [0.15, 0.2) is 12.1 Å². The zero-order chi connectivity index (χ0) is 14.1. The molecule has 0 N–H and O–H groups in total. The van der Waals surface area contributed by atoms with Gasteiger partial charge in [-0.15, -0.1) is 11.3 Å². The summed E-state index contributed by atoms with van der Waals surface area (Å²) in [5, 5.41) is 9.62. The van der Waals surface area contributed by atoms with Crippen molar-refractivity contribution in [2.24, 2.45) is 16.7 Å². The van der Waals surface area contributed by atoms with E-state index in [2.05, 4.69) is 32.9 Å². The third-order valence-corrected chi connectivity index (χ3v) is 5.78. The van der Waals surface area contributed by atoms with Crippen molar-refractivity contribution in [1.29, 1.82) is 5.26 Å². The summed E-state index contributed by atoms with van der Waals surface area (Å²) >= 11 is 7.60. The first-order valence-electron chi connectivity index (χ1n) is 7.00. The van der Waals surface area contributed by atoms with Gasteiger partial charge in [-0.3, -0.25) is 0 Å². The highest BCUT2D eigenvalue weighted by atomic mass is 35.5. The van der Waals surface area contributed by atoms with Crippen LogP contribution in [0.2, 0.25) is 4.34 Å². The maximum atomic E-state index is 9.62. The predicted octanol–water partition coefficient (Wildman–Crippen LogP) is 5.69. The van der Waals surface area contributed by atoms with Crippen LogP contribution in [-0.4, -0.2) is 0 Å². The van der Waals surface area contributed by atoms with Crippen LogP contribution in [0, 0.1) is 28.1 Å². The Labute approximate surface area is 125 Å². The summed E-state index contributed by atoms with van der Waals surface area (Å²) in [5.41, 5.74) is 0.212. The molecule has 1 aromatic heterocycles. The fourth-order valence-electron chi connectivity index (χ4n) is 3.14. The Hall–Kier alpha value is -0.520. The zero-order valence-corrected chi connectivity index (χ0v) is 13.6. The molecule has 3 heteroatoms. The zero-order valence-electron chi connectivity index (χ0n) is 12.0. The third kappa shape index (κ3) is 3.52. The van der Waals surface area contributed by atoms with Crippen molar-refractivity contribution in [2.45, 2.75) is 52.9 Å². The van der Waals surface area contributed by atoms with Gasteiger partial charge in [-0.25, -0.2) is 0 Å². The van der Waals surface area contributed by atoms with Gasteiger partial charge in [0.1, 0.15) is 0 Å². The van der Waals surface area contributed by atoms with Crippen molar-refractivity contribution in [3.63, 3.8) is 0 Å². The lowest BCUT2D eigenvalue weighted by atomic mass is 9.63. The predicted molar refractivity (Wildman–Crippen MR) is 82.5 cm³/mol. The van der Waals surface area contributed by atoms with E-state index in [0.717, 1.165) is 29.5 Å². The SMILES string of the molecule is CC(C)(C)C1CCC(C#N)(Cc2ccc(Cl)s2)CC1. The van der Waals surface area contributed by atoms with E-state index in [4.69, 9.17) is 11.6 Å². The second-order valence-corrected chi connectivity index (χ2v) is 8.71. The van der Waals surface area contributed by atoms with Gasteiger partial charge in [0.25, 0.3) is 0 Å². The second-order valence-electron chi connectivity index (χ2n) is 6.92. The molecule has 104 valence electrons. The van der Waals surface area contributed by atoms with Crippen LogP contribution >= 0.6 is 22.9 Å². The molecular formula is C16H22ClNS. The van der Waals surface area contributed by atoms with Gasteiger partial charge in [-0.1, -0.05) is 32.4 Å². The molecule has 2 rings (SSSR count). The van der Waals surface area contributed by atoms with Gasteiger partial charge in [-0.2, -0.15) is 5.26 Å². The third-order valence-electron chi connectivity index (χ3n) is 4.55. The first-order chi connectivity index (χ1) is 8.85. The van der Waals surface area contributed by atoms with Crippen molar-refractivity contribution in [2.75, 3.05) is 0 Å². The maximum Gasteiger partial charge on any atom is 0.0931 e. The van der Waals surface area contributed by atoms with E-state index >= 15 is 0 Å². The number of halogens is 1. The van der Waals surface area contributed by atoms with Crippen LogP contribution in [-0.2, 0) is 6.42 Å². The van der Waals surface area contributed by atoms with Crippen molar-refractivity contribution >= 4 is 22.9 Å². The fourth-order valence-corrected chi connectivity index (χ4v) is 4.38. The monoisotopic (exact) mass is 295 g/mol. The van der Waals surface area contributed by atoms with Gasteiger partial charge >= 0.3 is 0 Å². The summed E-state index contributed by atoms with van der Waals surface area (Å²) < 4.78 is 0.825. The lowest BCUT2D eigenvalue weighted by molar-refractivity contribution is 0.121. The molecule has 1 aliphatic rings.